The van der Waals surface area contributed by atoms with Crippen molar-refractivity contribution in [1.29, 1.82) is 0 Å². The molecule has 3 rings (SSSR count). The van der Waals surface area contributed by atoms with E-state index in [0.717, 1.165) is 30.6 Å². The van der Waals surface area contributed by atoms with Gasteiger partial charge in [0.15, 0.2) is 0 Å². The summed E-state index contributed by atoms with van der Waals surface area (Å²) >= 11 is 5.91. The zero-order chi connectivity index (χ0) is 15.9. The van der Waals surface area contributed by atoms with Crippen molar-refractivity contribution in [2.75, 3.05) is 13.7 Å². The standard InChI is InChI=1S/C15H19ClN4O2/c1-9-13(15(22-3)19(2)18-9)12-5-4-6-20(12)14(21)11-7-10(16)8-17-11/h7-8,12,17H,4-6H2,1-3H3/t12-/m0/s1. The summed E-state index contributed by atoms with van der Waals surface area (Å²) in [6.07, 6.45) is 3.49. The molecular weight excluding hydrogens is 304 g/mol. The van der Waals surface area contributed by atoms with Crippen LogP contribution in [-0.2, 0) is 7.05 Å². The Kier molecular flexibility index (Phi) is 3.87. The number of hydrogen-bond acceptors (Lipinski definition) is 3. The van der Waals surface area contributed by atoms with E-state index < -0.39 is 0 Å². The van der Waals surface area contributed by atoms with Gasteiger partial charge in [-0.25, -0.2) is 4.68 Å². The predicted molar refractivity (Wildman–Crippen MR) is 83.3 cm³/mol. The number of rotatable bonds is 3. The van der Waals surface area contributed by atoms with Crippen LogP contribution in [-0.4, -0.2) is 39.2 Å². The lowest BCUT2D eigenvalue weighted by atomic mass is 10.0. The Balaban J connectivity index is 1.95. The molecular formula is C15H19ClN4O2. The molecule has 7 heteroatoms. The van der Waals surface area contributed by atoms with E-state index in [2.05, 4.69) is 10.1 Å². The highest BCUT2D eigenvalue weighted by Crippen LogP contribution is 2.39. The first-order chi connectivity index (χ1) is 10.5. The molecule has 0 unspecified atom stereocenters. The third-order valence-corrected chi connectivity index (χ3v) is 4.35. The Morgan fingerprint density at radius 1 is 1.55 bits per heavy atom. The van der Waals surface area contributed by atoms with E-state index in [1.807, 2.05) is 18.9 Å². The fourth-order valence-corrected chi connectivity index (χ4v) is 3.40. The molecule has 0 bridgehead atoms. The summed E-state index contributed by atoms with van der Waals surface area (Å²) in [4.78, 5) is 17.5. The number of ether oxygens (including phenoxy) is 1. The van der Waals surface area contributed by atoms with Crippen LogP contribution < -0.4 is 4.74 Å². The van der Waals surface area contributed by atoms with Gasteiger partial charge < -0.3 is 14.6 Å². The van der Waals surface area contributed by atoms with Crippen molar-refractivity contribution in [2.24, 2.45) is 7.05 Å². The highest BCUT2D eigenvalue weighted by Gasteiger charge is 2.35. The Labute approximate surface area is 134 Å². The van der Waals surface area contributed by atoms with E-state index in [4.69, 9.17) is 16.3 Å². The number of nitrogens with zero attached hydrogens (tertiary/aromatic N) is 3. The lowest BCUT2D eigenvalue weighted by molar-refractivity contribution is 0.0728. The number of aryl methyl sites for hydroxylation is 2. The van der Waals surface area contributed by atoms with Crippen molar-refractivity contribution < 1.29 is 9.53 Å². The van der Waals surface area contributed by atoms with Gasteiger partial charge in [-0.15, -0.1) is 0 Å². The number of nitrogens with one attached hydrogen (secondary N) is 1. The molecule has 118 valence electrons. The van der Waals surface area contributed by atoms with Crippen LogP contribution in [0.3, 0.4) is 0 Å². The number of halogens is 1. The fraction of sp³-hybridized carbons (Fsp3) is 0.467. The summed E-state index contributed by atoms with van der Waals surface area (Å²) in [5, 5.41) is 4.96. The molecule has 0 spiro atoms. The zero-order valence-electron chi connectivity index (χ0n) is 12.9. The maximum atomic E-state index is 12.7. The summed E-state index contributed by atoms with van der Waals surface area (Å²) in [7, 11) is 3.48. The van der Waals surface area contributed by atoms with Gasteiger partial charge in [-0.2, -0.15) is 5.10 Å². The number of aromatic amines is 1. The summed E-state index contributed by atoms with van der Waals surface area (Å²) < 4.78 is 7.20. The van der Waals surface area contributed by atoms with Crippen LogP contribution >= 0.6 is 11.6 Å². The van der Waals surface area contributed by atoms with Crippen LogP contribution in [0.2, 0.25) is 5.02 Å². The number of likely N-dealkylation sites (tertiary alicyclic amines) is 1. The van der Waals surface area contributed by atoms with Crippen LogP contribution in [0.15, 0.2) is 12.3 Å². The van der Waals surface area contributed by atoms with Crippen LogP contribution in [0, 0.1) is 6.92 Å². The molecule has 1 aliphatic rings. The number of methoxy groups -OCH3 is 1. The van der Waals surface area contributed by atoms with E-state index in [1.165, 1.54) is 0 Å². The fourth-order valence-electron chi connectivity index (χ4n) is 3.24. The number of hydrogen-bond donors (Lipinski definition) is 1. The van der Waals surface area contributed by atoms with Crippen LogP contribution in [0.4, 0.5) is 0 Å². The van der Waals surface area contributed by atoms with Crippen LogP contribution in [0.1, 0.15) is 40.6 Å². The largest absolute Gasteiger partial charge is 0.481 e. The van der Waals surface area contributed by atoms with Gasteiger partial charge in [0, 0.05) is 19.8 Å². The minimum atomic E-state index is -0.0419. The van der Waals surface area contributed by atoms with Gasteiger partial charge in [0.25, 0.3) is 5.91 Å². The number of carbonyl (C=O) groups excluding carboxylic acids is 1. The second-order valence-corrected chi connectivity index (χ2v) is 5.96. The first-order valence-electron chi connectivity index (χ1n) is 7.25. The normalized spacial score (nSPS) is 18.0. The quantitative estimate of drug-likeness (QED) is 0.945. The highest BCUT2D eigenvalue weighted by molar-refractivity contribution is 6.30. The minimum Gasteiger partial charge on any atom is -0.481 e. The van der Waals surface area contributed by atoms with Crippen molar-refractivity contribution in [3.8, 4) is 5.88 Å². The second kappa shape index (κ2) is 5.68. The van der Waals surface area contributed by atoms with Crippen molar-refractivity contribution in [3.05, 3.63) is 34.2 Å². The minimum absolute atomic E-state index is 0.0155. The molecule has 0 aromatic carbocycles. The maximum Gasteiger partial charge on any atom is 0.270 e. The second-order valence-electron chi connectivity index (χ2n) is 5.52. The van der Waals surface area contributed by atoms with Gasteiger partial charge in [-0.05, 0) is 25.8 Å². The molecule has 2 aromatic rings. The smallest absolute Gasteiger partial charge is 0.270 e. The van der Waals surface area contributed by atoms with Gasteiger partial charge in [-0.3, -0.25) is 4.79 Å². The molecule has 1 saturated heterocycles. The number of H-pyrrole nitrogens is 1. The monoisotopic (exact) mass is 322 g/mol. The summed E-state index contributed by atoms with van der Waals surface area (Å²) in [5.74, 6) is 0.673. The molecule has 1 fully saturated rings. The van der Waals surface area contributed by atoms with Gasteiger partial charge in [0.2, 0.25) is 5.88 Å². The first-order valence-corrected chi connectivity index (χ1v) is 7.63. The summed E-state index contributed by atoms with van der Waals surface area (Å²) in [6, 6.07) is 1.64. The van der Waals surface area contributed by atoms with Gasteiger partial charge in [0.05, 0.1) is 29.4 Å². The van der Waals surface area contributed by atoms with Gasteiger partial charge in [0.1, 0.15) is 5.69 Å². The summed E-state index contributed by atoms with van der Waals surface area (Å²) in [6.45, 7) is 2.67. The molecule has 1 atom stereocenters. The first kappa shape index (κ1) is 15.0. The van der Waals surface area contributed by atoms with E-state index in [-0.39, 0.29) is 11.9 Å². The van der Waals surface area contributed by atoms with Crippen LogP contribution in [0.25, 0.3) is 0 Å². The Morgan fingerprint density at radius 3 is 2.95 bits per heavy atom. The number of amides is 1. The predicted octanol–water partition coefficient (Wildman–Crippen LogP) is 2.70. The van der Waals surface area contributed by atoms with E-state index in [9.17, 15) is 4.79 Å². The average molecular weight is 323 g/mol. The zero-order valence-corrected chi connectivity index (χ0v) is 13.6. The summed E-state index contributed by atoms with van der Waals surface area (Å²) in [5.41, 5.74) is 2.40. The third-order valence-electron chi connectivity index (χ3n) is 4.13. The third kappa shape index (κ3) is 2.37. The van der Waals surface area contributed by atoms with Crippen molar-refractivity contribution in [3.63, 3.8) is 0 Å². The van der Waals surface area contributed by atoms with Gasteiger partial charge >= 0.3 is 0 Å². The highest BCUT2D eigenvalue weighted by atomic mass is 35.5. The molecule has 2 aromatic heterocycles. The Bertz CT molecular complexity index is 706. The molecule has 0 radical (unpaired) electrons. The van der Waals surface area contributed by atoms with E-state index >= 15 is 0 Å². The van der Waals surface area contributed by atoms with Crippen LogP contribution in [0.5, 0.6) is 5.88 Å². The molecule has 0 aliphatic carbocycles. The lowest BCUT2D eigenvalue weighted by Crippen LogP contribution is -2.31. The molecule has 1 amide bonds. The molecule has 1 aliphatic heterocycles. The van der Waals surface area contributed by atoms with Gasteiger partial charge in [-0.1, -0.05) is 11.6 Å². The Morgan fingerprint density at radius 2 is 2.32 bits per heavy atom. The molecule has 22 heavy (non-hydrogen) atoms. The SMILES string of the molecule is COc1c([C@@H]2CCCN2C(=O)c2cc(Cl)c[nH]2)c(C)nn1C. The van der Waals surface area contributed by atoms with Crippen molar-refractivity contribution in [1.82, 2.24) is 19.7 Å². The lowest BCUT2D eigenvalue weighted by Gasteiger charge is -2.24. The number of aromatic nitrogens is 3. The Hall–Kier alpha value is -1.95. The number of carbonyl (C=O) groups is 1. The topological polar surface area (TPSA) is 63.1 Å². The average Bonchev–Trinajstić information content (AvgIpc) is 3.16. The molecule has 3 heterocycles. The van der Waals surface area contributed by atoms with E-state index in [0.29, 0.717) is 16.6 Å². The molecule has 0 saturated carbocycles. The van der Waals surface area contributed by atoms with Crippen molar-refractivity contribution in [2.45, 2.75) is 25.8 Å². The molecule has 6 nitrogen and oxygen atoms in total. The van der Waals surface area contributed by atoms with E-state index in [1.54, 1.807) is 24.1 Å². The molecule has 1 N–H and O–H groups in total. The van der Waals surface area contributed by atoms with Crippen molar-refractivity contribution >= 4 is 17.5 Å². The maximum absolute atomic E-state index is 12.7.